The summed E-state index contributed by atoms with van der Waals surface area (Å²) in [6.45, 7) is 10.9. The highest BCUT2D eigenvalue weighted by Gasteiger charge is 2.24. The molecule has 0 saturated heterocycles. The molecule has 0 bridgehead atoms. The van der Waals surface area contributed by atoms with Crippen LogP contribution in [0.1, 0.15) is 40.0 Å². The maximum absolute atomic E-state index is 4.11. The van der Waals surface area contributed by atoms with Gasteiger partial charge in [0.25, 0.3) is 0 Å². The van der Waals surface area contributed by atoms with Crippen LogP contribution in [0.4, 0.5) is 0 Å². The Hall–Kier alpha value is -0.260. The zero-order chi connectivity index (χ0) is 7.78. The Morgan fingerprint density at radius 3 is 2.40 bits per heavy atom. The summed E-state index contributed by atoms with van der Waals surface area (Å²) in [7, 11) is 0. The standard InChI is InChI=1S/C10H17/c1-8-6-5-7-10(3,4)9(8)2/h2,5-7H2,1,3-4H3. The van der Waals surface area contributed by atoms with Gasteiger partial charge in [-0.05, 0) is 38.5 Å². The maximum Gasteiger partial charge on any atom is -0.0142 e. The van der Waals surface area contributed by atoms with Gasteiger partial charge in [0, 0.05) is 0 Å². The Morgan fingerprint density at radius 2 is 2.00 bits per heavy atom. The Labute approximate surface area is 64.3 Å². The molecule has 0 atom stereocenters. The van der Waals surface area contributed by atoms with E-state index in [1.165, 1.54) is 30.4 Å². The molecule has 0 fully saturated rings. The Bertz CT molecular complexity index is 161. The second-order valence-corrected chi connectivity index (χ2v) is 4.00. The largest absolute Gasteiger partial charge is 0.0736 e. The van der Waals surface area contributed by atoms with E-state index in [2.05, 4.69) is 27.7 Å². The van der Waals surface area contributed by atoms with Crippen molar-refractivity contribution < 1.29 is 0 Å². The molecule has 1 aliphatic rings. The minimum absolute atomic E-state index is 0.377. The van der Waals surface area contributed by atoms with Crippen LogP contribution in [0.3, 0.4) is 0 Å². The van der Waals surface area contributed by atoms with Crippen molar-refractivity contribution in [1.29, 1.82) is 0 Å². The summed E-state index contributed by atoms with van der Waals surface area (Å²) in [4.78, 5) is 0. The van der Waals surface area contributed by atoms with Gasteiger partial charge >= 0.3 is 0 Å². The van der Waals surface area contributed by atoms with Gasteiger partial charge in [0.15, 0.2) is 0 Å². The lowest BCUT2D eigenvalue weighted by atomic mass is 9.74. The minimum atomic E-state index is 0.377. The summed E-state index contributed by atoms with van der Waals surface area (Å²) in [5, 5.41) is 0. The van der Waals surface area contributed by atoms with Crippen LogP contribution in [-0.4, -0.2) is 0 Å². The third-order valence-electron chi connectivity index (χ3n) is 2.69. The van der Waals surface area contributed by atoms with Crippen molar-refractivity contribution in [2.24, 2.45) is 5.41 Å². The summed E-state index contributed by atoms with van der Waals surface area (Å²) in [5.74, 6) is 0. The molecule has 0 heterocycles. The summed E-state index contributed by atoms with van der Waals surface area (Å²) in [6.07, 6.45) is 3.92. The zero-order valence-corrected chi connectivity index (χ0v) is 7.33. The molecule has 0 amide bonds. The van der Waals surface area contributed by atoms with Crippen molar-refractivity contribution in [3.05, 3.63) is 18.1 Å². The molecule has 0 aliphatic heterocycles. The fourth-order valence-electron chi connectivity index (χ4n) is 1.67. The highest BCUT2D eigenvalue weighted by atomic mass is 14.3. The molecule has 0 nitrogen and oxygen atoms in total. The van der Waals surface area contributed by atoms with E-state index in [4.69, 9.17) is 0 Å². The van der Waals surface area contributed by atoms with E-state index in [0.29, 0.717) is 5.41 Å². The van der Waals surface area contributed by atoms with Gasteiger partial charge in [0.2, 0.25) is 0 Å². The second-order valence-electron chi connectivity index (χ2n) is 4.00. The van der Waals surface area contributed by atoms with Crippen molar-refractivity contribution >= 4 is 0 Å². The first-order valence-electron chi connectivity index (χ1n) is 4.06. The van der Waals surface area contributed by atoms with Crippen molar-refractivity contribution in [3.8, 4) is 0 Å². The van der Waals surface area contributed by atoms with E-state index in [9.17, 15) is 0 Å². The topological polar surface area (TPSA) is 0 Å². The normalized spacial score (nSPS) is 25.2. The average Bonchev–Trinajstić information content (AvgIpc) is 1.83. The van der Waals surface area contributed by atoms with E-state index < -0.39 is 0 Å². The Kier molecular flexibility index (Phi) is 1.89. The van der Waals surface area contributed by atoms with Gasteiger partial charge in [-0.25, -0.2) is 0 Å². The molecular weight excluding hydrogens is 120 g/mol. The molecule has 1 aliphatic carbocycles. The number of rotatable bonds is 0. The van der Waals surface area contributed by atoms with Crippen molar-refractivity contribution in [2.75, 3.05) is 0 Å². The van der Waals surface area contributed by atoms with E-state index in [1.807, 2.05) is 0 Å². The van der Waals surface area contributed by atoms with E-state index in [0.717, 1.165) is 0 Å². The van der Waals surface area contributed by atoms with Crippen LogP contribution in [0.25, 0.3) is 0 Å². The Balaban J connectivity index is 2.89. The molecule has 0 unspecified atom stereocenters. The minimum Gasteiger partial charge on any atom is -0.0736 e. The summed E-state index contributed by atoms with van der Waals surface area (Å²) >= 11 is 0. The van der Waals surface area contributed by atoms with Gasteiger partial charge in [0.1, 0.15) is 0 Å². The van der Waals surface area contributed by atoms with E-state index in [-0.39, 0.29) is 0 Å². The smallest absolute Gasteiger partial charge is 0.0142 e. The first-order chi connectivity index (χ1) is 4.54. The number of allylic oxidation sites excluding steroid dienone is 2. The monoisotopic (exact) mass is 137 g/mol. The predicted octanol–water partition coefficient (Wildman–Crippen LogP) is 3.35. The SMILES string of the molecule is [CH2]C1=C(C)CCCC1(C)C. The predicted molar refractivity (Wildman–Crippen MR) is 45.7 cm³/mol. The molecule has 1 rings (SSSR count). The summed E-state index contributed by atoms with van der Waals surface area (Å²) < 4.78 is 0. The van der Waals surface area contributed by atoms with Crippen molar-refractivity contribution in [3.63, 3.8) is 0 Å². The number of hydrogen-bond acceptors (Lipinski definition) is 0. The lowest BCUT2D eigenvalue weighted by Crippen LogP contribution is -2.18. The summed E-state index contributed by atoms with van der Waals surface area (Å²) in [6, 6.07) is 0. The molecule has 0 spiro atoms. The molecule has 0 aromatic heterocycles. The zero-order valence-electron chi connectivity index (χ0n) is 7.33. The van der Waals surface area contributed by atoms with Crippen LogP contribution in [0, 0.1) is 12.3 Å². The van der Waals surface area contributed by atoms with Crippen LogP contribution >= 0.6 is 0 Å². The first kappa shape index (κ1) is 7.84. The van der Waals surface area contributed by atoms with Crippen molar-refractivity contribution in [1.82, 2.24) is 0 Å². The highest BCUT2D eigenvalue weighted by molar-refractivity contribution is 5.24. The molecular formula is C10H17. The van der Waals surface area contributed by atoms with Gasteiger partial charge in [-0.1, -0.05) is 25.0 Å². The van der Waals surface area contributed by atoms with Gasteiger partial charge in [-0.3, -0.25) is 0 Å². The van der Waals surface area contributed by atoms with Gasteiger partial charge in [-0.15, -0.1) is 0 Å². The van der Waals surface area contributed by atoms with Crippen molar-refractivity contribution in [2.45, 2.75) is 40.0 Å². The fraction of sp³-hybridized carbons (Fsp3) is 0.700. The molecule has 0 saturated carbocycles. The van der Waals surface area contributed by atoms with Gasteiger partial charge < -0.3 is 0 Å². The number of hydrogen-bond donors (Lipinski definition) is 0. The average molecular weight is 137 g/mol. The highest BCUT2D eigenvalue weighted by Crippen LogP contribution is 2.38. The molecule has 1 radical (unpaired) electrons. The molecule has 0 N–H and O–H groups in total. The molecule has 0 aromatic carbocycles. The maximum atomic E-state index is 4.11. The summed E-state index contributed by atoms with van der Waals surface area (Å²) in [5.41, 5.74) is 3.26. The lowest BCUT2D eigenvalue weighted by Gasteiger charge is -2.32. The van der Waals surface area contributed by atoms with E-state index in [1.54, 1.807) is 0 Å². The van der Waals surface area contributed by atoms with Gasteiger partial charge in [-0.2, -0.15) is 0 Å². The third-order valence-corrected chi connectivity index (χ3v) is 2.69. The first-order valence-corrected chi connectivity index (χ1v) is 4.06. The second kappa shape index (κ2) is 2.41. The van der Waals surface area contributed by atoms with Crippen LogP contribution in [0.5, 0.6) is 0 Å². The lowest BCUT2D eigenvalue weighted by molar-refractivity contribution is 0.376. The van der Waals surface area contributed by atoms with Crippen LogP contribution in [0.15, 0.2) is 11.1 Å². The van der Waals surface area contributed by atoms with E-state index >= 15 is 0 Å². The molecule has 10 heavy (non-hydrogen) atoms. The fourth-order valence-corrected chi connectivity index (χ4v) is 1.67. The van der Waals surface area contributed by atoms with Crippen LogP contribution in [0.2, 0.25) is 0 Å². The molecule has 57 valence electrons. The quantitative estimate of drug-likeness (QED) is 0.480. The third kappa shape index (κ3) is 1.25. The van der Waals surface area contributed by atoms with Crippen LogP contribution in [-0.2, 0) is 0 Å². The van der Waals surface area contributed by atoms with Gasteiger partial charge in [0.05, 0.1) is 0 Å². The molecule has 0 heteroatoms. The Morgan fingerprint density at radius 1 is 1.40 bits per heavy atom. The van der Waals surface area contributed by atoms with Crippen LogP contribution < -0.4 is 0 Å². The molecule has 0 aromatic rings.